The maximum absolute atomic E-state index is 12.1. The van der Waals surface area contributed by atoms with Crippen LogP contribution in [0, 0.1) is 10.1 Å². The Labute approximate surface area is 126 Å². The van der Waals surface area contributed by atoms with Gasteiger partial charge in [-0.1, -0.05) is 41.9 Å². The van der Waals surface area contributed by atoms with Crippen LogP contribution in [0.2, 0.25) is 5.02 Å². The van der Waals surface area contributed by atoms with Crippen LogP contribution in [0.15, 0.2) is 48.5 Å². The molecule has 0 aliphatic heterocycles. The number of hydrogen-bond donors (Lipinski definition) is 0. The summed E-state index contributed by atoms with van der Waals surface area (Å²) >= 11 is 5.94. The smallest absolute Gasteiger partial charge is 0.317 e. The van der Waals surface area contributed by atoms with E-state index in [1.807, 2.05) is 0 Å². The number of rotatable bonds is 4. The van der Waals surface area contributed by atoms with E-state index < -0.39 is 16.8 Å². The third-order valence-corrected chi connectivity index (χ3v) is 3.30. The van der Waals surface area contributed by atoms with Crippen molar-refractivity contribution in [3.8, 4) is 0 Å². The molecule has 0 aliphatic carbocycles. The van der Waals surface area contributed by atoms with Crippen molar-refractivity contribution in [1.29, 1.82) is 0 Å². The van der Waals surface area contributed by atoms with E-state index in [9.17, 15) is 14.9 Å². The van der Waals surface area contributed by atoms with Crippen LogP contribution in [-0.4, -0.2) is 18.0 Å². The summed E-state index contributed by atoms with van der Waals surface area (Å²) in [5.41, 5.74) is 0.688. The van der Waals surface area contributed by atoms with Gasteiger partial charge in [-0.2, -0.15) is 0 Å². The summed E-state index contributed by atoms with van der Waals surface area (Å²) < 4.78 is 4.79. The van der Waals surface area contributed by atoms with Crippen molar-refractivity contribution in [2.45, 2.75) is 5.92 Å². The van der Waals surface area contributed by atoms with Gasteiger partial charge in [0.25, 0.3) is 5.69 Å². The highest BCUT2D eigenvalue weighted by molar-refractivity contribution is 6.30. The fourth-order valence-electron chi connectivity index (χ4n) is 2.14. The van der Waals surface area contributed by atoms with Crippen molar-refractivity contribution >= 4 is 23.3 Å². The van der Waals surface area contributed by atoms with Crippen molar-refractivity contribution in [3.05, 3.63) is 74.8 Å². The van der Waals surface area contributed by atoms with Gasteiger partial charge in [0.1, 0.15) is 5.92 Å². The molecule has 0 heterocycles. The zero-order valence-electron chi connectivity index (χ0n) is 11.2. The Morgan fingerprint density at radius 3 is 2.57 bits per heavy atom. The second-order valence-electron chi connectivity index (χ2n) is 4.33. The van der Waals surface area contributed by atoms with Gasteiger partial charge in [-0.05, 0) is 17.7 Å². The van der Waals surface area contributed by atoms with Crippen LogP contribution in [-0.2, 0) is 9.53 Å². The fourth-order valence-corrected chi connectivity index (χ4v) is 2.34. The van der Waals surface area contributed by atoms with Crippen molar-refractivity contribution in [2.24, 2.45) is 0 Å². The molecule has 2 aromatic rings. The lowest BCUT2D eigenvalue weighted by molar-refractivity contribution is -0.385. The molecule has 0 aromatic heterocycles. The number of nitrogens with zero attached hydrogens (tertiary/aromatic N) is 1. The Morgan fingerprint density at radius 1 is 1.24 bits per heavy atom. The van der Waals surface area contributed by atoms with E-state index in [1.165, 1.54) is 13.2 Å². The quantitative estimate of drug-likeness (QED) is 0.492. The van der Waals surface area contributed by atoms with E-state index in [-0.39, 0.29) is 11.3 Å². The van der Waals surface area contributed by atoms with E-state index in [1.54, 1.807) is 42.5 Å². The van der Waals surface area contributed by atoms with Gasteiger partial charge in [-0.25, -0.2) is 0 Å². The Kier molecular flexibility index (Phi) is 4.55. The average molecular weight is 306 g/mol. The number of esters is 1. The first kappa shape index (κ1) is 15.0. The van der Waals surface area contributed by atoms with Crippen molar-refractivity contribution in [2.75, 3.05) is 7.11 Å². The first-order chi connectivity index (χ1) is 10.0. The summed E-state index contributed by atoms with van der Waals surface area (Å²) in [5, 5.41) is 11.6. The molecule has 21 heavy (non-hydrogen) atoms. The molecule has 6 heteroatoms. The average Bonchev–Trinajstić information content (AvgIpc) is 2.47. The molecule has 0 N–H and O–H groups in total. The van der Waals surface area contributed by atoms with Gasteiger partial charge in [0.05, 0.1) is 12.0 Å². The largest absolute Gasteiger partial charge is 0.468 e. The molecule has 0 saturated heterocycles. The third-order valence-electron chi connectivity index (χ3n) is 3.06. The number of carbonyl (C=O) groups is 1. The maximum Gasteiger partial charge on any atom is 0.317 e. The van der Waals surface area contributed by atoms with E-state index in [0.29, 0.717) is 10.6 Å². The van der Waals surface area contributed by atoms with Crippen LogP contribution in [0.5, 0.6) is 0 Å². The molecule has 5 nitrogen and oxygen atoms in total. The molecule has 108 valence electrons. The zero-order valence-corrected chi connectivity index (χ0v) is 11.9. The summed E-state index contributed by atoms with van der Waals surface area (Å²) in [6.45, 7) is 0. The van der Waals surface area contributed by atoms with Crippen molar-refractivity contribution in [3.63, 3.8) is 0 Å². The predicted octanol–water partition coefficient (Wildman–Crippen LogP) is 3.55. The second kappa shape index (κ2) is 6.37. The number of benzene rings is 2. The molecule has 2 aromatic carbocycles. The van der Waals surface area contributed by atoms with Crippen LogP contribution in [0.4, 0.5) is 5.69 Å². The molecule has 0 spiro atoms. The lowest BCUT2D eigenvalue weighted by Crippen LogP contribution is -2.17. The highest BCUT2D eigenvalue weighted by Gasteiger charge is 2.30. The summed E-state index contributed by atoms with van der Waals surface area (Å²) in [7, 11) is 1.24. The minimum atomic E-state index is -0.893. The summed E-state index contributed by atoms with van der Waals surface area (Å²) in [5.74, 6) is -1.47. The lowest BCUT2D eigenvalue weighted by atomic mass is 9.90. The molecule has 1 atom stereocenters. The van der Waals surface area contributed by atoms with Gasteiger partial charge in [0, 0.05) is 16.7 Å². The predicted molar refractivity (Wildman–Crippen MR) is 78.4 cm³/mol. The molecule has 0 saturated carbocycles. The standard InChI is InChI=1S/C15H12ClNO4/c1-21-15(18)14(10-5-4-6-11(16)9-10)12-7-2-3-8-13(12)17(19)20/h2-9,14H,1H3. The SMILES string of the molecule is COC(=O)C(c1cccc(Cl)c1)c1ccccc1[N+](=O)[O-]. The van der Waals surface area contributed by atoms with E-state index in [2.05, 4.69) is 0 Å². The van der Waals surface area contributed by atoms with Gasteiger partial charge < -0.3 is 4.74 Å². The van der Waals surface area contributed by atoms with Gasteiger partial charge in [-0.15, -0.1) is 0 Å². The van der Waals surface area contributed by atoms with Crippen LogP contribution in [0.1, 0.15) is 17.0 Å². The summed E-state index contributed by atoms with van der Waals surface area (Å²) in [6, 6.07) is 12.7. The van der Waals surface area contributed by atoms with Gasteiger partial charge in [-0.3, -0.25) is 14.9 Å². The molecule has 0 amide bonds. The molecule has 0 fully saturated rings. The highest BCUT2D eigenvalue weighted by atomic mass is 35.5. The van der Waals surface area contributed by atoms with Crippen molar-refractivity contribution < 1.29 is 14.5 Å². The number of para-hydroxylation sites is 1. The molecule has 1 unspecified atom stereocenters. The fraction of sp³-hybridized carbons (Fsp3) is 0.133. The number of methoxy groups -OCH3 is 1. The normalized spacial score (nSPS) is 11.7. The van der Waals surface area contributed by atoms with E-state index in [4.69, 9.17) is 16.3 Å². The number of nitro benzene ring substituents is 1. The monoisotopic (exact) mass is 305 g/mol. The highest BCUT2D eigenvalue weighted by Crippen LogP contribution is 2.33. The molecule has 2 rings (SSSR count). The van der Waals surface area contributed by atoms with Crippen LogP contribution in [0.25, 0.3) is 0 Å². The van der Waals surface area contributed by atoms with Gasteiger partial charge in [0.2, 0.25) is 0 Å². The first-order valence-corrected chi connectivity index (χ1v) is 6.49. The Bertz CT molecular complexity index is 687. The number of carbonyl (C=O) groups excluding carboxylic acids is 1. The minimum absolute atomic E-state index is 0.132. The van der Waals surface area contributed by atoms with E-state index >= 15 is 0 Å². The number of hydrogen-bond acceptors (Lipinski definition) is 4. The minimum Gasteiger partial charge on any atom is -0.468 e. The molecule has 0 aliphatic rings. The Hall–Kier alpha value is -2.40. The zero-order chi connectivity index (χ0) is 15.4. The van der Waals surface area contributed by atoms with Gasteiger partial charge in [0.15, 0.2) is 0 Å². The van der Waals surface area contributed by atoms with Crippen molar-refractivity contribution in [1.82, 2.24) is 0 Å². The molecular formula is C15H12ClNO4. The second-order valence-corrected chi connectivity index (χ2v) is 4.76. The van der Waals surface area contributed by atoms with E-state index in [0.717, 1.165) is 0 Å². The number of nitro groups is 1. The molecule has 0 bridgehead atoms. The first-order valence-electron chi connectivity index (χ1n) is 6.11. The molecular weight excluding hydrogens is 294 g/mol. The summed E-state index contributed by atoms with van der Waals surface area (Å²) in [4.78, 5) is 22.8. The van der Waals surface area contributed by atoms with Crippen LogP contribution in [0.3, 0.4) is 0 Å². The number of halogens is 1. The van der Waals surface area contributed by atoms with Gasteiger partial charge >= 0.3 is 5.97 Å². The van der Waals surface area contributed by atoms with Crippen LogP contribution < -0.4 is 0 Å². The Morgan fingerprint density at radius 2 is 1.95 bits per heavy atom. The van der Waals surface area contributed by atoms with Crippen LogP contribution >= 0.6 is 11.6 Å². The number of ether oxygens (including phenoxy) is 1. The third kappa shape index (κ3) is 3.20. The Balaban J connectivity index is 2.62. The summed E-state index contributed by atoms with van der Waals surface area (Å²) in [6.07, 6.45) is 0. The molecule has 0 radical (unpaired) electrons. The lowest BCUT2D eigenvalue weighted by Gasteiger charge is -2.15. The topological polar surface area (TPSA) is 69.4 Å². The maximum atomic E-state index is 12.1.